The summed E-state index contributed by atoms with van der Waals surface area (Å²) in [6.45, 7) is 1.86. The van der Waals surface area contributed by atoms with E-state index in [1.54, 1.807) is 4.90 Å². The van der Waals surface area contributed by atoms with Gasteiger partial charge in [-0.2, -0.15) is 0 Å². The van der Waals surface area contributed by atoms with Crippen molar-refractivity contribution in [2.24, 2.45) is 0 Å². The van der Waals surface area contributed by atoms with Gasteiger partial charge in [0, 0.05) is 12.1 Å². The van der Waals surface area contributed by atoms with Gasteiger partial charge < -0.3 is 9.47 Å². The number of fused-ring (bicyclic) bond motifs is 1. The number of carbonyl (C=O) groups is 1. The third-order valence-electron chi connectivity index (χ3n) is 2.75. The van der Waals surface area contributed by atoms with E-state index in [9.17, 15) is 4.79 Å². The molecule has 15 heavy (non-hydrogen) atoms. The Balaban J connectivity index is 1.95. The Bertz CT molecular complexity index is 416. The molecule has 0 aliphatic carbocycles. The Morgan fingerprint density at radius 3 is 2.93 bits per heavy atom. The summed E-state index contributed by atoms with van der Waals surface area (Å²) in [5, 5.41) is 0. The lowest BCUT2D eigenvalue weighted by atomic mass is 10.1. The zero-order chi connectivity index (χ0) is 10.3. The maximum absolute atomic E-state index is 11.3. The zero-order valence-electron chi connectivity index (χ0n) is 8.23. The standard InChI is InChI=1S/C11H11NO3/c13-11-12(4-6-15-11)9-1-2-10-8(7-9)3-5-14-10/h1-2,7H,3-6H2. The van der Waals surface area contributed by atoms with Crippen LogP contribution >= 0.6 is 0 Å². The molecular weight excluding hydrogens is 194 g/mol. The second-order valence-electron chi connectivity index (χ2n) is 3.66. The number of amides is 1. The van der Waals surface area contributed by atoms with Crippen LogP contribution in [0, 0.1) is 0 Å². The molecule has 3 rings (SSSR count). The minimum absolute atomic E-state index is 0.256. The predicted octanol–water partition coefficient (Wildman–Crippen LogP) is 1.58. The summed E-state index contributed by atoms with van der Waals surface area (Å²) in [5.74, 6) is 0.936. The number of benzene rings is 1. The van der Waals surface area contributed by atoms with Gasteiger partial charge in [0.05, 0.1) is 13.2 Å². The molecule has 2 aliphatic rings. The van der Waals surface area contributed by atoms with Gasteiger partial charge in [-0.1, -0.05) is 0 Å². The number of hydrogen-bond donors (Lipinski definition) is 0. The Morgan fingerprint density at radius 2 is 2.13 bits per heavy atom. The molecule has 0 saturated carbocycles. The molecule has 0 atom stereocenters. The quantitative estimate of drug-likeness (QED) is 0.698. The molecule has 2 aliphatic heterocycles. The highest BCUT2D eigenvalue weighted by molar-refractivity contribution is 5.89. The monoisotopic (exact) mass is 205 g/mol. The number of carbonyl (C=O) groups excluding carboxylic acids is 1. The maximum atomic E-state index is 11.3. The van der Waals surface area contributed by atoms with Crippen molar-refractivity contribution in [1.29, 1.82) is 0 Å². The zero-order valence-corrected chi connectivity index (χ0v) is 8.23. The van der Waals surface area contributed by atoms with E-state index in [2.05, 4.69) is 0 Å². The molecule has 0 radical (unpaired) electrons. The number of cyclic esters (lactones) is 1. The van der Waals surface area contributed by atoms with Crippen LogP contribution in [-0.4, -0.2) is 25.9 Å². The molecule has 1 aromatic carbocycles. The number of ether oxygens (including phenoxy) is 2. The topological polar surface area (TPSA) is 38.8 Å². The van der Waals surface area contributed by atoms with Gasteiger partial charge in [0.1, 0.15) is 12.4 Å². The van der Waals surface area contributed by atoms with E-state index >= 15 is 0 Å². The first-order valence-electron chi connectivity index (χ1n) is 5.04. The fraction of sp³-hybridized carbons (Fsp3) is 0.364. The first-order valence-corrected chi connectivity index (χ1v) is 5.04. The number of nitrogens with zero attached hydrogens (tertiary/aromatic N) is 1. The van der Waals surface area contributed by atoms with Gasteiger partial charge in [-0.25, -0.2) is 4.79 Å². The first-order chi connectivity index (χ1) is 7.34. The lowest BCUT2D eigenvalue weighted by molar-refractivity contribution is 0.181. The van der Waals surface area contributed by atoms with Crippen molar-refractivity contribution in [3.63, 3.8) is 0 Å². The molecule has 0 N–H and O–H groups in total. The van der Waals surface area contributed by atoms with E-state index in [1.165, 1.54) is 5.56 Å². The number of anilines is 1. The van der Waals surface area contributed by atoms with Crippen LogP contribution < -0.4 is 9.64 Å². The Labute approximate surface area is 87.4 Å². The Morgan fingerprint density at radius 1 is 1.20 bits per heavy atom. The molecule has 0 unspecified atom stereocenters. The fourth-order valence-corrected chi connectivity index (χ4v) is 1.97. The predicted molar refractivity (Wildman–Crippen MR) is 54.3 cm³/mol. The van der Waals surface area contributed by atoms with Crippen LogP contribution in [-0.2, 0) is 11.2 Å². The molecule has 0 aromatic heterocycles. The minimum Gasteiger partial charge on any atom is -0.493 e. The Hall–Kier alpha value is -1.71. The van der Waals surface area contributed by atoms with E-state index in [0.29, 0.717) is 13.2 Å². The van der Waals surface area contributed by atoms with E-state index in [1.807, 2.05) is 18.2 Å². The van der Waals surface area contributed by atoms with Crippen LogP contribution in [0.4, 0.5) is 10.5 Å². The summed E-state index contributed by atoms with van der Waals surface area (Å²) < 4.78 is 10.3. The molecule has 4 heteroatoms. The average molecular weight is 205 g/mol. The van der Waals surface area contributed by atoms with Gasteiger partial charge in [0.25, 0.3) is 0 Å². The fourth-order valence-electron chi connectivity index (χ4n) is 1.97. The van der Waals surface area contributed by atoms with Crippen LogP contribution in [0.5, 0.6) is 5.75 Å². The molecule has 1 fully saturated rings. The minimum atomic E-state index is -0.256. The van der Waals surface area contributed by atoms with Crippen LogP contribution in [0.25, 0.3) is 0 Å². The molecule has 1 saturated heterocycles. The summed E-state index contributed by atoms with van der Waals surface area (Å²) in [7, 11) is 0. The molecular formula is C11H11NO3. The van der Waals surface area contributed by atoms with Gasteiger partial charge in [0.2, 0.25) is 0 Å². The van der Waals surface area contributed by atoms with Gasteiger partial charge in [-0.15, -0.1) is 0 Å². The highest BCUT2D eigenvalue weighted by Gasteiger charge is 2.24. The largest absolute Gasteiger partial charge is 0.493 e. The van der Waals surface area contributed by atoms with E-state index in [4.69, 9.17) is 9.47 Å². The highest BCUT2D eigenvalue weighted by atomic mass is 16.6. The van der Waals surface area contributed by atoms with E-state index in [0.717, 1.165) is 24.5 Å². The highest BCUT2D eigenvalue weighted by Crippen LogP contribution is 2.30. The van der Waals surface area contributed by atoms with Crippen molar-refractivity contribution in [2.45, 2.75) is 6.42 Å². The van der Waals surface area contributed by atoms with Crippen molar-refractivity contribution in [3.8, 4) is 5.75 Å². The third kappa shape index (κ3) is 1.33. The molecule has 78 valence electrons. The lowest BCUT2D eigenvalue weighted by Gasteiger charge is -2.13. The van der Waals surface area contributed by atoms with Crippen molar-refractivity contribution >= 4 is 11.8 Å². The Kier molecular flexibility index (Phi) is 1.80. The third-order valence-corrected chi connectivity index (χ3v) is 2.75. The summed E-state index contributed by atoms with van der Waals surface area (Å²) in [5.41, 5.74) is 2.08. The number of hydrogen-bond acceptors (Lipinski definition) is 3. The second-order valence-corrected chi connectivity index (χ2v) is 3.66. The smallest absolute Gasteiger partial charge is 0.414 e. The van der Waals surface area contributed by atoms with Crippen LogP contribution in [0.15, 0.2) is 18.2 Å². The van der Waals surface area contributed by atoms with Crippen LogP contribution in [0.2, 0.25) is 0 Å². The van der Waals surface area contributed by atoms with Crippen LogP contribution in [0.1, 0.15) is 5.56 Å². The second kappa shape index (κ2) is 3.15. The molecule has 1 amide bonds. The number of rotatable bonds is 1. The van der Waals surface area contributed by atoms with Gasteiger partial charge >= 0.3 is 6.09 Å². The van der Waals surface area contributed by atoms with Crippen LogP contribution in [0.3, 0.4) is 0 Å². The summed E-state index contributed by atoms with van der Waals surface area (Å²) in [4.78, 5) is 13.0. The van der Waals surface area contributed by atoms with Crippen molar-refractivity contribution in [1.82, 2.24) is 0 Å². The van der Waals surface area contributed by atoms with Gasteiger partial charge in [-0.05, 0) is 23.8 Å². The SMILES string of the molecule is O=C1OCCN1c1ccc2c(c1)CCO2. The van der Waals surface area contributed by atoms with Gasteiger partial charge in [-0.3, -0.25) is 4.90 Å². The molecule has 2 heterocycles. The maximum Gasteiger partial charge on any atom is 0.414 e. The molecule has 1 aromatic rings. The average Bonchev–Trinajstić information content (AvgIpc) is 2.84. The van der Waals surface area contributed by atoms with Crippen molar-refractivity contribution in [3.05, 3.63) is 23.8 Å². The molecule has 4 nitrogen and oxygen atoms in total. The molecule has 0 spiro atoms. The van der Waals surface area contributed by atoms with Crippen molar-refractivity contribution in [2.75, 3.05) is 24.7 Å². The summed E-state index contributed by atoms with van der Waals surface area (Å²) in [6.07, 6.45) is 0.667. The van der Waals surface area contributed by atoms with E-state index in [-0.39, 0.29) is 6.09 Å². The van der Waals surface area contributed by atoms with Crippen molar-refractivity contribution < 1.29 is 14.3 Å². The first kappa shape index (κ1) is 8.59. The summed E-state index contributed by atoms with van der Waals surface area (Å²) >= 11 is 0. The van der Waals surface area contributed by atoms with E-state index < -0.39 is 0 Å². The normalized spacial score (nSPS) is 18.7. The summed E-state index contributed by atoms with van der Waals surface area (Å²) in [6, 6.07) is 5.83. The van der Waals surface area contributed by atoms with Gasteiger partial charge in [0.15, 0.2) is 0 Å². The lowest BCUT2D eigenvalue weighted by Crippen LogP contribution is -2.23. The molecule has 0 bridgehead atoms.